The summed E-state index contributed by atoms with van der Waals surface area (Å²) in [7, 11) is 0. The van der Waals surface area contributed by atoms with Crippen LogP contribution in [0.3, 0.4) is 0 Å². The Morgan fingerprint density at radius 2 is 1.83 bits per heavy atom. The molecule has 1 atom stereocenters. The minimum atomic E-state index is -0.111. The van der Waals surface area contributed by atoms with E-state index in [9.17, 15) is 5.11 Å². The molecule has 0 saturated carbocycles. The van der Waals surface area contributed by atoms with Crippen molar-refractivity contribution in [1.29, 1.82) is 0 Å². The zero-order valence-corrected chi connectivity index (χ0v) is 14.0. The number of ether oxygens (including phenoxy) is 1. The number of benzene rings is 2. The highest BCUT2D eigenvalue weighted by Gasteiger charge is 2.23. The molecule has 0 saturated heterocycles. The van der Waals surface area contributed by atoms with Crippen LogP contribution in [0.4, 0.5) is 0 Å². The summed E-state index contributed by atoms with van der Waals surface area (Å²) < 4.78 is 5.40. The Hall–Kier alpha value is -1.68. The van der Waals surface area contributed by atoms with Gasteiger partial charge < -0.3 is 14.9 Å². The lowest BCUT2D eigenvalue weighted by atomic mass is 10.1. The number of allylic oxidation sites excluding steroid dienone is 1. The van der Waals surface area contributed by atoms with Crippen LogP contribution in [0, 0.1) is 0 Å². The predicted molar refractivity (Wildman–Crippen MR) is 100 cm³/mol. The molecule has 1 aliphatic heterocycles. The van der Waals surface area contributed by atoms with Crippen LogP contribution in [0.2, 0.25) is 10.0 Å². The van der Waals surface area contributed by atoms with Gasteiger partial charge in [-0.25, -0.2) is 0 Å². The molecule has 2 N–H and O–H groups in total. The molecule has 3 rings (SSSR count). The molecule has 3 nitrogen and oxygen atoms in total. The topological polar surface area (TPSA) is 49.7 Å². The minimum Gasteiger partial charge on any atom is -0.506 e. The van der Waals surface area contributed by atoms with E-state index < -0.39 is 0 Å². The summed E-state index contributed by atoms with van der Waals surface area (Å²) in [6.07, 6.45) is 3.02. The zero-order valence-electron chi connectivity index (χ0n) is 12.5. The summed E-state index contributed by atoms with van der Waals surface area (Å²) in [6.45, 7) is 3.62. The molecule has 5 heteroatoms. The van der Waals surface area contributed by atoms with Crippen molar-refractivity contribution in [2.45, 2.75) is 26.4 Å². The van der Waals surface area contributed by atoms with Crippen molar-refractivity contribution in [2.75, 3.05) is 6.61 Å². The predicted octanol–water partition coefficient (Wildman–Crippen LogP) is 5.05. The molecule has 1 aliphatic rings. The molecule has 0 radical (unpaired) electrons. The van der Waals surface area contributed by atoms with Gasteiger partial charge >= 0.3 is 0 Å². The number of halogens is 2. The zero-order chi connectivity index (χ0) is 16.8. The first-order valence-corrected chi connectivity index (χ1v) is 7.94. The summed E-state index contributed by atoms with van der Waals surface area (Å²) in [5.41, 5.74) is 1.90. The van der Waals surface area contributed by atoms with E-state index in [4.69, 9.17) is 33.0 Å². The molecule has 130 valence electrons. The molecule has 2 aromatic carbocycles. The van der Waals surface area contributed by atoms with Gasteiger partial charge in [-0.3, -0.25) is 0 Å². The molecular formula is C19H22Cl2O3. The van der Waals surface area contributed by atoms with Crippen LogP contribution in [0.15, 0.2) is 49.1 Å². The van der Waals surface area contributed by atoms with E-state index in [-0.39, 0.29) is 25.9 Å². The van der Waals surface area contributed by atoms with Crippen LogP contribution in [-0.4, -0.2) is 22.9 Å². The molecule has 1 unspecified atom stereocenters. The Morgan fingerprint density at radius 3 is 2.46 bits per heavy atom. The quantitative estimate of drug-likeness (QED) is 0.745. The summed E-state index contributed by atoms with van der Waals surface area (Å²) in [4.78, 5) is 0. The molecule has 0 fully saturated rings. The fourth-order valence-electron chi connectivity index (χ4n) is 2.28. The molecule has 1 heterocycles. The molecule has 0 amide bonds. The SMILES string of the molecule is C.C=CCc1cccc(Cl)c1O.OCC1Cc2cccc(Cl)c2O1. The number of aliphatic hydroxyl groups is 1. The van der Waals surface area contributed by atoms with E-state index in [2.05, 4.69) is 6.58 Å². The lowest BCUT2D eigenvalue weighted by molar-refractivity contribution is 0.134. The van der Waals surface area contributed by atoms with E-state index in [0.29, 0.717) is 16.5 Å². The third-order valence-electron chi connectivity index (χ3n) is 3.42. The standard InChI is InChI=1S/C9H9ClO2.C9H9ClO.CH4/c10-8-3-1-2-6-4-7(5-11)12-9(6)8;1-2-4-7-5-3-6-8(10)9(7)11;/h1-3,7,11H,4-5H2;2-3,5-6,11H,1,4H2;1H4. The van der Waals surface area contributed by atoms with Crippen LogP contribution in [0.5, 0.6) is 11.5 Å². The number of phenolic OH excluding ortho intramolecular Hbond substituents is 1. The van der Waals surface area contributed by atoms with Gasteiger partial charge in [-0.15, -0.1) is 6.58 Å². The highest BCUT2D eigenvalue weighted by atomic mass is 35.5. The normalized spacial score (nSPS) is 14.5. The van der Waals surface area contributed by atoms with E-state index >= 15 is 0 Å². The Morgan fingerprint density at radius 1 is 1.17 bits per heavy atom. The van der Waals surface area contributed by atoms with Crippen molar-refractivity contribution in [3.63, 3.8) is 0 Å². The van der Waals surface area contributed by atoms with E-state index in [0.717, 1.165) is 23.3 Å². The Labute approximate surface area is 153 Å². The summed E-state index contributed by atoms with van der Waals surface area (Å²) in [5.74, 6) is 0.896. The van der Waals surface area contributed by atoms with Crippen LogP contribution >= 0.6 is 23.2 Å². The van der Waals surface area contributed by atoms with Crippen LogP contribution in [-0.2, 0) is 12.8 Å². The monoisotopic (exact) mass is 368 g/mol. The van der Waals surface area contributed by atoms with Gasteiger partial charge in [0.1, 0.15) is 17.6 Å². The molecule has 24 heavy (non-hydrogen) atoms. The second-order valence-electron chi connectivity index (χ2n) is 5.10. The first kappa shape index (κ1) is 20.4. The first-order chi connectivity index (χ1) is 11.1. The number of fused-ring (bicyclic) bond motifs is 1. The van der Waals surface area contributed by atoms with Crippen molar-refractivity contribution in [2.24, 2.45) is 0 Å². The van der Waals surface area contributed by atoms with Gasteiger partial charge in [-0.1, -0.05) is 61.0 Å². The van der Waals surface area contributed by atoms with Gasteiger partial charge in [0, 0.05) is 6.42 Å². The molecule has 0 aliphatic carbocycles. The average Bonchev–Trinajstić information content (AvgIpc) is 2.98. The van der Waals surface area contributed by atoms with Crippen LogP contribution in [0.1, 0.15) is 18.6 Å². The van der Waals surface area contributed by atoms with Crippen molar-refractivity contribution in [3.05, 3.63) is 70.2 Å². The van der Waals surface area contributed by atoms with Gasteiger partial charge in [0.15, 0.2) is 0 Å². The Bertz CT molecular complexity index is 686. The van der Waals surface area contributed by atoms with Crippen molar-refractivity contribution < 1.29 is 14.9 Å². The van der Waals surface area contributed by atoms with Crippen molar-refractivity contribution >= 4 is 23.2 Å². The van der Waals surface area contributed by atoms with Crippen LogP contribution < -0.4 is 4.74 Å². The molecule has 0 bridgehead atoms. The number of phenols is 1. The maximum atomic E-state index is 9.35. The number of aromatic hydroxyl groups is 1. The number of hydrogen-bond acceptors (Lipinski definition) is 3. The maximum absolute atomic E-state index is 9.35. The highest BCUT2D eigenvalue weighted by Crippen LogP contribution is 2.35. The Balaban J connectivity index is 0.000000232. The number of aliphatic hydroxyl groups excluding tert-OH is 1. The van der Waals surface area contributed by atoms with E-state index in [1.807, 2.05) is 18.2 Å². The minimum absolute atomic E-state index is 0. The van der Waals surface area contributed by atoms with Crippen molar-refractivity contribution in [1.82, 2.24) is 0 Å². The summed E-state index contributed by atoms with van der Waals surface area (Å²) in [5, 5.41) is 19.2. The van der Waals surface area contributed by atoms with Gasteiger partial charge in [-0.2, -0.15) is 0 Å². The average molecular weight is 369 g/mol. The summed E-state index contributed by atoms with van der Waals surface area (Å²) >= 11 is 11.6. The third kappa shape index (κ3) is 4.91. The van der Waals surface area contributed by atoms with Crippen LogP contribution in [0.25, 0.3) is 0 Å². The summed E-state index contributed by atoms with van der Waals surface area (Å²) in [6, 6.07) is 10.9. The van der Waals surface area contributed by atoms with E-state index in [1.54, 1.807) is 24.3 Å². The second-order valence-corrected chi connectivity index (χ2v) is 5.91. The van der Waals surface area contributed by atoms with E-state index in [1.165, 1.54) is 0 Å². The van der Waals surface area contributed by atoms with Gasteiger partial charge in [0.05, 0.1) is 16.7 Å². The van der Waals surface area contributed by atoms with Gasteiger partial charge in [0.2, 0.25) is 0 Å². The Kier molecular flexibility index (Phi) is 8.13. The molecule has 0 aromatic heterocycles. The lowest BCUT2D eigenvalue weighted by Crippen LogP contribution is -2.17. The number of para-hydroxylation sites is 2. The van der Waals surface area contributed by atoms with Gasteiger partial charge in [0.25, 0.3) is 0 Å². The fraction of sp³-hybridized carbons (Fsp3) is 0.263. The van der Waals surface area contributed by atoms with Crippen molar-refractivity contribution in [3.8, 4) is 11.5 Å². The number of hydrogen-bond donors (Lipinski definition) is 2. The largest absolute Gasteiger partial charge is 0.506 e. The highest BCUT2D eigenvalue weighted by molar-refractivity contribution is 6.32. The fourth-order valence-corrected chi connectivity index (χ4v) is 2.71. The maximum Gasteiger partial charge on any atom is 0.141 e. The smallest absolute Gasteiger partial charge is 0.141 e. The molecule has 2 aromatic rings. The number of rotatable bonds is 3. The molecule has 0 spiro atoms. The third-order valence-corrected chi connectivity index (χ3v) is 4.02. The lowest BCUT2D eigenvalue weighted by Gasteiger charge is -2.05. The van der Waals surface area contributed by atoms with Gasteiger partial charge in [-0.05, 0) is 29.7 Å². The first-order valence-electron chi connectivity index (χ1n) is 7.19. The molecular weight excluding hydrogens is 347 g/mol. The second kappa shape index (κ2) is 9.58.